The van der Waals surface area contributed by atoms with Crippen LogP contribution in [0.1, 0.15) is 23.8 Å². The Morgan fingerprint density at radius 1 is 1.15 bits per heavy atom. The average molecular weight is 369 g/mol. The summed E-state index contributed by atoms with van der Waals surface area (Å²) in [6, 6.07) is 10.0. The van der Waals surface area contributed by atoms with Crippen LogP contribution in [0.4, 0.5) is 5.69 Å². The zero-order chi connectivity index (χ0) is 19.2. The van der Waals surface area contributed by atoms with E-state index in [0.29, 0.717) is 17.0 Å². The quantitative estimate of drug-likeness (QED) is 0.608. The van der Waals surface area contributed by atoms with Crippen molar-refractivity contribution in [3.8, 4) is 0 Å². The molecule has 0 saturated carbocycles. The second-order valence-corrected chi connectivity index (χ2v) is 6.54. The Hall–Kier alpha value is -3.06. The highest BCUT2D eigenvalue weighted by Gasteiger charge is 2.64. The van der Waals surface area contributed by atoms with Crippen LogP contribution in [-0.2, 0) is 23.9 Å². The summed E-state index contributed by atoms with van der Waals surface area (Å²) in [5.74, 6) is -1.02. The second-order valence-electron chi connectivity index (χ2n) is 6.54. The SMILES string of the molecule is C=C1c2ccccc2N2OC1CC(C(=O)OC)(C(=O)OC)C2c1ccco1. The monoisotopic (exact) mass is 369 g/mol. The molecule has 1 saturated heterocycles. The lowest BCUT2D eigenvalue weighted by Gasteiger charge is -2.51. The lowest BCUT2D eigenvalue weighted by molar-refractivity contribution is -0.184. The van der Waals surface area contributed by atoms with Crippen molar-refractivity contribution >= 4 is 23.2 Å². The minimum absolute atomic E-state index is 0.0291. The van der Waals surface area contributed by atoms with Gasteiger partial charge in [-0.2, -0.15) is 0 Å². The van der Waals surface area contributed by atoms with E-state index in [1.54, 1.807) is 17.2 Å². The van der Waals surface area contributed by atoms with Gasteiger partial charge in [0.05, 0.1) is 26.2 Å². The summed E-state index contributed by atoms with van der Waals surface area (Å²) in [5, 5.41) is 1.55. The molecule has 2 aliphatic rings. The number of para-hydroxylation sites is 1. The molecule has 7 heteroatoms. The standard InChI is InChI=1S/C20H19NO6/c1-12-13-7-4-5-8-14(13)21-17(15-9-6-10-26-15)20(18(22)24-2,19(23)25-3)11-16(12)27-21/h4-10,16-17H,1,11H2,2-3H3. The van der Waals surface area contributed by atoms with Crippen LogP contribution in [0.25, 0.3) is 5.57 Å². The molecule has 0 spiro atoms. The Labute approximate surface area is 156 Å². The first-order valence-corrected chi connectivity index (χ1v) is 8.49. The van der Waals surface area contributed by atoms with E-state index in [0.717, 1.165) is 5.56 Å². The maximum Gasteiger partial charge on any atom is 0.326 e. The molecular formula is C20H19NO6. The van der Waals surface area contributed by atoms with Crippen LogP contribution in [0.5, 0.6) is 0 Å². The van der Waals surface area contributed by atoms with Crippen molar-refractivity contribution in [3.05, 3.63) is 60.6 Å². The molecule has 1 fully saturated rings. The van der Waals surface area contributed by atoms with Crippen molar-refractivity contribution in [1.29, 1.82) is 0 Å². The van der Waals surface area contributed by atoms with E-state index >= 15 is 0 Å². The van der Waals surface area contributed by atoms with Crippen molar-refractivity contribution in [3.63, 3.8) is 0 Å². The predicted molar refractivity (Wildman–Crippen MR) is 95.4 cm³/mol. The fourth-order valence-corrected chi connectivity index (χ4v) is 3.98. The number of anilines is 1. The van der Waals surface area contributed by atoms with Crippen LogP contribution in [0.15, 0.2) is 53.7 Å². The summed E-state index contributed by atoms with van der Waals surface area (Å²) in [4.78, 5) is 32.0. The van der Waals surface area contributed by atoms with Gasteiger partial charge in [-0.1, -0.05) is 24.8 Å². The first-order valence-electron chi connectivity index (χ1n) is 8.49. The smallest absolute Gasteiger partial charge is 0.326 e. The highest BCUT2D eigenvalue weighted by Crippen LogP contribution is 2.55. The summed E-state index contributed by atoms with van der Waals surface area (Å²) < 4.78 is 15.7. The largest absolute Gasteiger partial charge is 0.468 e. The highest BCUT2D eigenvalue weighted by atomic mass is 16.7. The molecule has 2 atom stereocenters. The van der Waals surface area contributed by atoms with Crippen LogP contribution in [0.3, 0.4) is 0 Å². The summed E-state index contributed by atoms with van der Waals surface area (Å²) in [7, 11) is 2.49. The van der Waals surface area contributed by atoms with Gasteiger partial charge in [-0.3, -0.25) is 14.4 Å². The first kappa shape index (κ1) is 17.4. The van der Waals surface area contributed by atoms with Gasteiger partial charge in [0.1, 0.15) is 17.9 Å². The van der Waals surface area contributed by atoms with Gasteiger partial charge in [-0.05, 0) is 23.8 Å². The van der Waals surface area contributed by atoms with Crippen molar-refractivity contribution in [2.45, 2.75) is 18.6 Å². The molecule has 27 heavy (non-hydrogen) atoms. The van der Waals surface area contributed by atoms with E-state index < -0.39 is 29.5 Å². The van der Waals surface area contributed by atoms with Crippen molar-refractivity contribution in [2.75, 3.05) is 19.3 Å². The molecule has 1 aromatic heterocycles. The van der Waals surface area contributed by atoms with Gasteiger partial charge in [0, 0.05) is 12.0 Å². The van der Waals surface area contributed by atoms with Gasteiger partial charge in [-0.15, -0.1) is 0 Å². The number of esters is 2. The van der Waals surface area contributed by atoms with E-state index in [9.17, 15) is 9.59 Å². The predicted octanol–water partition coefficient (Wildman–Crippen LogP) is 2.89. The van der Waals surface area contributed by atoms with Crippen LogP contribution in [0.2, 0.25) is 0 Å². The van der Waals surface area contributed by atoms with Gasteiger partial charge in [0.25, 0.3) is 0 Å². The van der Waals surface area contributed by atoms with Gasteiger partial charge < -0.3 is 13.9 Å². The number of benzene rings is 1. The minimum atomic E-state index is -1.67. The molecule has 7 nitrogen and oxygen atoms in total. The lowest BCUT2D eigenvalue weighted by Crippen LogP contribution is -2.60. The second kappa shape index (κ2) is 6.28. The normalized spacial score (nSPS) is 22.7. The Kier molecular flexibility index (Phi) is 4.04. The van der Waals surface area contributed by atoms with Crippen molar-refractivity contribution in [2.24, 2.45) is 5.41 Å². The Bertz CT molecular complexity index is 887. The fraction of sp³-hybridized carbons (Fsp3) is 0.300. The molecule has 0 aliphatic carbocycles. The number of nitrogens with zero attached hydrogens (tertiary/aromatic N) is 1. The van der Waals surface area contributed by atoms with Crippen molar-refractivity contribution < 1.29 is 28.3 Å². The van der Waals surface area contributed by atoms with Crippen LogP contribution in [0, 0.1) is 5.41 Å². The molecule has 0 N–H and O–H groups in total. The molecule has 2 aliphatic heterocycles. The molecule has 140 valence electrons. The van der Waals surface area contributed by atoms with E-state index in [1.165, 1.54) is 20.5 Å². The van der Waals surface area contributed by atoms with E-state index in [4.69, 9.17) is 18.7 Å². The average Bonchev–Trinajstić information content (AvgIpc) is 3.24. The number of furan rings is 1. The maximum absolute atomic E-state index is 13.0. The number of methoxy groups -OCH3 is 2. The third kappa shape index (κ3) is 2.31. The third-order valence-corrected chi connectivity index (χ3v) is 5.24. The van der Waals surface area contributed by atoms with E-state index in [1.807, 2.05) is 24.3 Å². The van der Waals surface area contributed by atoms with Gasteiger partial charge in [0.2, 0.25) is 0 Å². The number of hydrogen-bond acceptors (Lipinski definition) is 7. The Morgan fingerprint density at radius 2 is 1.85 bits per heavy atom. The number of hydrogen-bond donors (Lipinski definition) is 0. The van der Waals surface area contributed by atoms with Crippen LogP contribution < -0.4 is 5.06 Å². The Morgan fingerprint density at radius 3 is 2.48 bits per heavy atom. The number of hydroxylamine groups is 1. The molecule has 1 aromatic carbocycles. The van der Waals surface area contributed by atoms with Gasteiger partial charge >= 0.3 is 11.9 Å². The number of carbonyl (C=O) groups is 2. The molecule has 2 aromatic rings. The molecule has 0 amide bonds. The molecular weight excluding hydrogens is 350 g/mol. The summed E-state index contributed by atoms with van der Waals surface area (Å²) in [5.41, 5.74) is 0.614. The zero-order valence-corrected chi connectivity index (χ0v) is 15.0. The number of carbonyl (C=O) groups excluding carboxylic acids is 2. The molecule has 2 bridgehead atoms. The van der Waals surface area contributed by atoms with Gasteiger partial charge in [-0.25, -0.2) is 5.06 Å². The van der Waals surface area contributed by atoms with E-state index in [2.05, 4.69) is 6.58 Å². The third-order valence-electron chi connectivity index (χ3n) is 5.24. The first-order chi connectivity index (χ1) is 13.0. The van der Waals surface area contributed by atoms with Crippen molar-refractivity contribution in [1.82, 2.24) is 0 Å². The summed E-state index contributed by atoms with van der Waals surface area (Å²) in [6.07, 6.45) is 0.931. The van der Waals surface area contributed by atoms with Gasteiger partial charge in [0.15, 0.2) is 5.41 Å². The van der Waals surface area contributed by atoms with Crippen LogP contribution in [-0.4, -0.2) is 32.3 Å². The van der Waals surface area contributed by atoms with E-state index in [-0.39, 0.29) is 6.42 Å². The topological polar surface area (TPSA) is 78.2 Å². The highest BCUT2D eigenvalue weighted by molar-refractivity contribution is 6.02. The fourth-order valence-electron chi connectivity index (χ4n) is 3.98. The number of rotatable bonds is 3. The zero-order valence-electron chi connectivity index (χ0n) is 15.0. The molecule has 3 heterocycles. The molecule has 0 radical (unpaired) electrons. The van der Waals surface area contributed by atoms with Crippen LogP contribution >= 0.6 is 0 Å². The Balaban J connectivity index is 1.99. The molecule has 4 rings (SSSR count). The summed E-state index contributed by atoms with van der Waals surface area (Å²) >= 11 is 0. The maximum atomic E-state index is 13.0. The summed E-state index contributed by atoms with van der Waals surface area (Å²) in [6.45, 7) is 4.12. The lowest BCUT2D eigenvalue weighted by atomic mass is 9.70. The minimum Gasteiger partial charge on any atom is -0.468 e. The number of fused-ring (bicyclic) bond motifs is 4. The molecule has 2 unspecified atom stereocenters. The number of ether oxygens (including phenoxy) is 2.